The molecule has 0 bridgehead atoms. The smallest absolute Gasteiger partial charge is 0.387 e. The molecular formula is C15H17F2N3O. The van der Waals surface area contributed by atoms with Crippen molar-refractivity contribution in [3.8, 4) is 5.75 Å². The molecule has 112 valence electrons. The fourth-order valence-electron chi connectivity index (χ4n) is 2.01. The van der Waals surface area contributed by atoms with Crippen LogP contribution >= 0.6 is 0 Å². The summed E-state index contributed by atoms with van der Waals surface area (Å²) in [5.74, 6) is 0.892. The Balaban J connectivity index is 2.10. The van der Waals surface area contributed by atoms with Crippen molar-refractivity contribution in [1.29, 1.82) is 0 Å². The van der Waals surface area contributed by atoms with E-state index in [4.69, 9.17) is 0 Å². The number of hydrogen-bond donors (Lipinski definition) is 1. The number of alkyl halides is 2. The van der Waals surface area contributed by atoms with Crippen LogP contribution in [0.1, 0.15) is 30.6 Å². The minimum Gasteiger partial charge on any atom is -0.435 e. The van der Waals surface area contributed by atoms with Crippen molar-refractivity contribution in [2.24, 2.45) is 0 Å². The second-order valence-electron chi connectivity index (χ2n) is 4.60. The molecule has 1 aromatic heterocycles. The van der Waals surface area contributed by atoms with Crippen LogP contribution in [0.15, 0.2) is 36.7 Å². The van der Waals surface area contributed by atoms with Gasteiger partial charge in [0.2, 0.25) is 0 Å². The Kier molecular flexibility index (Phi) is 5.03. The molecule has 4 nitrogen and oxygen atoms in total. The van der Waals surface area contributed by atoms with E-state index in [9.17, 15) is 8.78 Å². The number of rotatable bonds is 6. The summed E-state index contributed by atoms with van der Waals surface area (Å²) in [7, 11) is 0. The summed E-state index contributed by atoms with van der Waals surface area (Å²) in [6.07, 6.45) is 2.34. The number of anilines is 1. The number of aromatic nitrogens is 2. The predicted molar refractivity (Wildman–Crippen MR) is 76.5 cm³/mol. The van der Waals surface area contributed by atoms with Gasteiger partial charge in [-0.05, 0) is 31.0 Å². The van der Waals surface area contributed by atoms with Crippen molar-refractivity contribution in [3.63, 3.8) is 0 Å². The molecule has 2 aromatic rings. The van der Waals surface area contributed by atoms with Crippen LogP contribution in [0, 0.1) is 6.92 Å². The third-order valence-electron chi connectivity index (χ3n) is 3.04. The van der Waals surface area contributed by atoms with E-state index >= 15 is 0 Å². The molecule has 0 amide bonds. The zero-order chi connectivity index (χ0) is 15.2. The molecule has 0 radical (unpaired) electrons. The van der Waals surface area contributed by atoms with E-state index in [0.717, 1.165) is 23.5 Å². The maximum atomic E-state index is 12.1. The van der Waals surface area contributed by atoms with Gasteiger partial charge in [0.15, 0.2) is 0 Å². The lowest BCUT2D eigenvalue weighted by Gasteiger charge is -2.18. The van der Waals surface area contributed by atoms with Crippen LogP contribution in [0.3, 0.4) is 0 Å². The van der Waals surface area contributed by atoms with Crippen molar-refractivity contribution in [3.05, 3.63) is 47.9 Å². The van der Waals surface area contributed by atoms with E-state index < -0.39 is 6.61 Å². The lowest BCUT2D eigenvalue weighted by molar-refractivity contribution is -0.0498. The van der Waals surface area contributed by atoms with Crippen molar-refractivity contribution in [1.82, 2.24) is 9.97 Å². The number of halogens is 2. The number of nitrogens with one attached hydrogen (secondary N) is 1. The Bertz CT molecular complexity index is 575. The summed E-state index contributed by atoms with van der Waals surface area (Å²) >= 11 is 0. The van der Waals surface area contributed by atoms with Crippen LogP contribution in [-0.2, 0) is 0 Å². The standard InChI is InChI=1S/C15H17F2N3O/c1-3-13(20-14-8-10(2)18-9-19-14)11-4-6-12(7-5-11)21-15(16)17/h4-9,13,15H,3H2,1-2H3,(H,18,19,20). The first-order valence-electron chi connectivity index (χ1n) is 6.68. The third-order valence-corrected chi connectivity index (χ3v) is 3.04. The highest BCUT2D eigenvalue weighted by molar-refractivity contribution is 5.39. The van der Waals surface area contributed by atoms with Gasteiger partial charge in [0.05, 0.1) is 6.04 Å². The summed E-state index contributed by atoms with van der Waals surface area (Å²) in [6, 6.07) is 8.52. The summed E-state index contributed by atoms with van der Waals surface area (Å²) in [5, 5.41) is 3.31. The summed E-state index contributed by atoms with van der Waals surface area (Å²) in [4.78, 5) is 8.21. The van der Waals surface area contributed by atoms with Crippen molar-refractivity contribution < 1.29 is 13.5 Å². The van der Waals surface area contributed by atoms with Gasteiger partial charge in [0.1, 0.15) is 17.9 Å². The zero-order valence-electron chi connectivity index (χ0n) is 11.9. The third kappa shape index (κ3) is 4.37. The molecule has 6 heteroatoms. The maximum Gasteiger partial charge on any atom is 0.387 e. The van der Waals surface area contributed by atoms with Gasteiger partial charge >= 0.3 is 6.61 Å². The molecule has 1 unspecified atom stereocenters. The van der Waals surface area contributed by atoms with Gasteiger partial charge < -0.3 is 10.1 Å². The Morgan fingerprint density at radius 2 is 1.90 bits per heavy atom. The van der Waals surface area contributed by atoms with Gasteiger partial charge in [-0.1, -0.05) is 19.1 Å². The Morgan fingerprint density at radius 1 is 1.19 bits per heavy atom. The average Bonchev–Trinajstić information content (AvgIpc) is 2.45. The molecule has 0 aliphatic heterocycles. The zero-order valence-corrected chi connectivity index (χ0v) is 11.9. The van der Waals surface area contributed by atoms with E-state index in [2.05, 4.69) is 20.0 Å². The van der Waals surface area contributed by atoms with Crippen molar-refractivity contribution in [2.45, 2.75) is 32.9 Å². The molecule has 1 aromatic carbocycles. The Morgan fingerprint density at radius 3 is 2.48 bits per heavy atom. The van der Waals surface area contributed by atoms with Gasteiger partial charge in [0.25, 0.3) is 0 Å². The lowest BCUT2D eigenvalue weighted by Crippen LogP contribution is -2.11. The maximum absolute atomic E-state index is 12.1. The second kappa shape index (κ2) is 6.97. The number of nitrogens with zero attached hydrogens (tertiary/aromatic N) is 2. The van der Waals surface area contributed by atoms with Gasteiger partial charge in [-0.25, -0.2) is 9.97 Å². The first-order chi connectivity index (χ1) is 10.1. The summed E-state index contributed by atoms with van der Waals surface area (Å²) in [5.41, 5.74) is 1.86. The molecule has 0 spiro atoms. The first-order valence-corrected chi connectivity index (χ1v) is 6.68. The molecule has 1 N–H and O–H groups in total. The molecular weight excluding hydrogens is 276 g/mol. The molecule has 1 atom stereocenters. The topological polar surface area (TPSA) is 47.0 Å². The minimum atomic E-state index is -2.81. The first kappa shape index (κ1) is 15.2. The molecule has 0 aliphatic carbocycles. The molecule has 0 saturated carbocycles. The normalized spacial score (nSPS) is 12.2. The highest BCUT2D eigenvalue weighted by atomic mass is 19.3. The quantitative estimate of drug-likeness (QED) is 0.876. The van der Waals surface area contributed by atoms with E-state index in [1.54, 1.807) is 12.1 Å². The van der Waals surface area contributed by atoms with Crippen LogP contribution in [0.4, 0.5) is 14.6 Å². The monoisotopic (exact) mass is 293 g/mol. The van der Waals surface area contributed by atoms with Gasteiger partial charge in [0, 0.05) is 11.8 Å². The molecule has 0 fully saturated rings. The number of benzene rings is 1. The molecule has 0 aliphatic rings. The molecule has 2 rings (SSSR count). The Hall–Kier alpha value is -2.24. The van der Waals surface area contributed by atoms with E-state index in [-0.39, 0.29) is 11.8 Å². The van der Waals surface area contributed by atoms with Gasteiger partial charge in [-0.15, -0.1) is 0 Å². The van der Waals surface area contributed by atoms with E-state index in [0.29, 0.717) is 0 Å². The SMILES string of the molecule is CCC(Nc1cc(C)ncn1)c1ccc(OC(F)F)cc1. The van der Waals surface area contributed by atoms with E-state index in [1.165, 1.54) is 18.5 Å². The van der Waals surface area contributed by atoms with Crippen LogP contribution in [0.25, 0.3) is 0 Å². The average molecular weight is 293 g/mol. The van der Waals surface area contributed by atoms with Gasteiger partial charge in [-0.3, -0.25) is 0 Å². The van der Waals surface area contributed by atoms with Crippen molar-refractivity contribution in [2.75, 3.05) is 5.32 Å². The lowest BCUT2D eigenvalue weighted by atomic mass is 10.0. The number of ether oxygens (including phenoxy) is 1. The summed E-state index contributed by atoms with van der Waals surface area (Å²) < 4.78 is 28.6. The number of aryl methyl sites for hydroxylation is 1. The number of hydrogen-bond acceptors (Lipinski definition) is 4. The van der Waals surface area contributed by atoms with Crippen LogP contribution in [-0.4, -0.2) is 16.6 Å². The molecule has 0 saturated heterocycles. The highest BCUT2D eigenvalue weighted by Crippen LogP contribution is 2.24. The largest absolute Gasteiger partial charge is 0.435 e. The van der Waals surface area contributed by atoms with Crippen molar-refractivity contribution >= 4 is 5.82 Å². The van der Waals surface area contributed by atoms with Crippen LogP contribution in [0.2, 0.25) is 0 Å². The highest BCUT2D eigenvalue weighted by Gasteiger charge is 2.11. The molecule has 1 heterocycles. The molecule has 21 heavy (non-hydrogen) atoms. The van der Waals surface area contributed by atoms with E-state index in [1.807, 2.05) is 19.9 Å². The second-order valence-corrected chi connectivity index (χ2v) is 4.60. The predicted octanol–water partition coefficient (Wildman–Crippen LogP) is 3.95. The minimum absolute atomic E-state index is 0.0416. The fourth-order valence-corrected chi connectivity index (χ4v) is 2.01. The van der Waals surface area contributed by atoms with Crippen LogP contribution in [0.5, 0.6) is 5.75 Å². The van der Waals surface area contributed by atoms with Crippen LogP contribution < -0.4 is 10.1 Å². The fraction of sp³-hybridized carbons (Fsp3) is 0.333. The van der Waals surface area contributed by atoms with Gasteiger partial charge in [-0.2, -0.15) is 8.78 Å². The summed E-state index contributed by atoms with van der Waals surface area (Å²) in [6.45, 7) is 1.12. The Labute approximate surface area is 122 Å².